The maximum Gasteiger partial charge on any atom is 0.218 e. The Morgan fingerprint density at radius 3 is 3.08 bits per heavy atom. The highest BCUT2D eigenvalue weighted by atomic mass is 16.5. The predicted molar refractivity (Wildman–Crippen MR) is 48.8 cm³/mol. The molecule has 72 valence electrons. The van der Waals surface area contributed by atoms with Crippen LogP contribution in [-0.4, -0.2) is 34.8 Å². The van der Waals surface area contributed by atoms with Crippen LogP contribution in [0.5, 0.6) is 5.88 Å². The zero-order valence-corrected chi connectivity index (χ0v) is 7.53. The lowest BCUT2D eigenvalue weighted by atomic mass is 10.5. The average Bonchev–Trinajstić information content (AvgIpc) is 2.16. The van der Waals surface area contributed by atoms with E-state index in [1.54, 1.807) is 6.07 Å². The third kappa shape index (κ3) is 3.25. The van der Waals surface area contributed by atoms with Gasteiger partial charge in [-0.15, -0.1) is 0 Å². The van der Waals surface area contributed by atoms with Crippen molar-refractivity contribution in [2.45, 2.75) is 6.92 Å². The molecule has 1 aromatic rings. The van der Waals surface area contributed by atoms with Crippen molar-refractivity contribution in [3.63, 3.8) is 0 Å². The number of aromatic nitrogens is 2. The highest BCUT2D eigenvalue weighted by Crippen LogP contribution is 2.09. The van der Waals surface area contributed by atoms with Gasteiger partial charge in [0, 0.05) is 12.6 Å². The van der Waals surface area contributed by atoms with Crippen LogP contribution >= 0.6 is 0 Å². The molecular formula is C8H13N3O2. The molecule has 13 heavy (non-hydrogen) atoms. The largest absolute Gasteiger partial charge is 0.478 e. The first-order valence-corrected chi connectivity index (χ1v) is 4.16. The van der Waals surface area contributed by atoms with E-state index in [0.29, 0.717) is 24.8 Å². The molecule has 0 spiro atoms. The van der Waals surface area contributed by atoms with Crippen LogP contribution in [0.1, 0.15) is 6.92 Å². The Morgan fingerprint density at radius 2 is 2.38 bits per heavy atom. The first kappa shape index (κ1) is 9.73. The first-order valence-electron chi connectivity index (χ1n) is 4.16. The van der Waals surface area contributed by atoms with Gasteiger partial charge < -0.3 is 15.2 Å². The van der Waals surface area contributed by atoms with Gasteiger partial charge in [-0.2, -0.15) is 0 Å². The molecule has 0 saturated carbocycles. The Morgan fingerprint density at radius 1 is 1.54 bits per heavy atom. The number of rotatable bonds is 5. The molecule has 0 bridgehead atoms. The van der Waals surface area contributed by atoms with Crippen LogP contribution in [0.2, 0.25) is 0 Å². The quantitative estimate of drug-likeness (QED) is 0.686. The number of hydrogen-bond donors (Lipinski definition) is 2. The summed E-state index contributed by atoms with van der Waals surface area (Å²) in [6.07, 6.45) is 1.42. The topological polar surface area (TPSA) is 67.3 Å². The summed E-state index contributed by atoms with van der Waals surface area (Å²) >= 11 is 0. The Balaban J connectivity index is 2.56. The molecule has 2 N–H and O–H groups in total. The van der Waals surface area contributed by atoms with Crippen LogP contribution < -0.4 is 10.1 Å². The van der Waals surface area contributed by atoms with Crippen LogP contribution in [0.3, 0.4) is 0 Å². The lowest BCUT2D eigenvalue weighted by Gasteiger charge is -2.04. The van der Waals surface area contributed by atoms with Gasteiger partial charge in [0.2, 0.25) is 5.88 Å². The van der Waals surface area contributed by atoms with E-state index < -0.39 is 0 Å². The second kappa shape index (κ2) is 5.31. The van der Waals surface area contributed by atoms with Gasteiger partial charge in [-0.3, -0.25) is 0 Å². The normalized spacial score (nSPS) is 9.69. The smallest absolute Gasteiger partial charge is 0.218 e. The fourth-order valence-electron chi connectivity index (χ4n) is 0.847. The molecule has 0 aliphatic carbocycles. The van der Waals surface area contributed by atoms with Crippen molar-refractivity contribution in [2.24, 2.45) is 0 Å². The molecule has 0 saturated heterocycles. The zero-order chi connectivity index (χ0) is 9.52. The molecule has 1 heterocycles. The predicted octanol–water partition coefficient (Wildman–Crippen LogP) is 0.279. The van der Waals surface area contributed by atoms with Crippen LogP contribution in [0.4, 0.5) is 5.82 Å². The molecule has 0 unspecified atom stereocenters. The number of ether oxygens (including phenoxy) is 1. The number of aliphatic hydroxyl groups is 1. The Bertz CT molecular complexity index is 255. The summed E-state index contributed by atoms with van der Waals surface area (Å²) in [6, 6.07) is 1.69. The van der Waals surface area contributed by atoms with E-state index in [0.717, 1.165) is 0 Å². The molecule has 5 heteroatoms. The van der Waals surface area contributed by atoms with Crippen molar-refractivity contribution in [1.29, 1.82) is 0 Å². The van der Waals surface area contributed by atoms with Gasteiger partial charge in [-0.05, 0) is 6.92 Å². The fraction of sp³-hybridized carbons (Fsp3) is 0.500. The van der Waals surface area contributed by atoms with Crippen LogP contribution in [0.15, 0.2) is 12.4 Å². The molecule has 0 atom stereocenters. The van der Waals surface area contributed by atoms with Crippen LogP contribution in [0, 0.1) is 0 Å². The van der Waals surface area contributed by atoms with E-state index in [9.17, 15) is 0 Å². The summed E-state index contributed by atoms with van der Waals surface area (Å²) in [5, 5.41) is 11.5. The molecule has 0 aliphatic rings. The molecule has 0 radical (unpaired) electrons. The Kier molecular flexibility index (Phi) is 3.98. The summed E-state index contributed by atoms with van der Waals surface area (Å²) in [5.74, 6) is 1.20. The standard InChI is InChI=1S/C8H13N3O2/c1-2-13-8-5-7(9-3-4-12)10-6-11-8/h5-6,12H,2-4H2,1H3,(H,9,10,11). The summed E-state index contributed by atoms with van der Waals surface area (Å²) in [5.41, 5.74) is 0. The van der Waals surface area contributed by atoms with Gasteiger partial charge in [0.1, 0.15) is 12.1 Å². The van der Waals surface area contributed by atoms with E-state index in [1.807, 2.05) is 6.92 Å². The van der Waals surface area contributed by atoms with Crippen molar-refractivity contribution in [3.05, 3.63) is 12.4 Å². The van der Waals surface area contributed by atoms with E-state index in [1.165, 1.54) is 6.33 Å². The number of hydrogen-bond acceptors (Lipinski definition) is 5. The minimum absolute atomic E-state index is 0.0774. The molecule has 5 nitrogen and oxygen atoms in total. The lowest BCUT2D eigenvalue weighted by molar-refractivity contribution is 0.310. The molecular weight excluding hydrogens is 170 g/mol. The van der Waals surface area contributed by atoms with Crippen LogP contribution in [0.25, 0.3) is 0 Å². The number of anilines is 1. The zero-order valence-electron chi connectivity index (χ0n) is 7.53. The average molecular weight is 183 g/mol. The maximum absolute atomic E-state index is 8.56. The van der Waals surface area contributed by atoms with E-state index in [-0.39, 0.29) is 6.61 Å². The highest BCUT2D eigenvalue weighted by molar-refractivity contribution is 5.36. The molecule has 1 aromatic heterocycles. The van der Waals surface area contributed by atoms with Gasteiger partial charge in [-0.1, -0.05) is 0 Å². The fourth-order valence-corrected chi connectivity index (χ4v) is 0.847. The number of nitrogens with zero attached hydrogens (tertiary/aromatic N) is 2. The van der Waals surface area contributed by atoms with Crippen molar-refractivity contribution >= 4 is 5.82 Å². The second-order valence-electron chi connectivity index (χ2n) is 2.32. The van der Waals surface area contributed by atoms with Gasteiger partial charge in [0.05, 0.1) is 13.2 Å². The Hall–Kier alpha value is -1.36. The van der Waals surface area contributed by atoms with E-state index in [2.05, 4.69) is 15.3 Å². The van der Waals surface area contributed by atoms with Crippen molar-refractivity contribution in [1.82, 2.24) is 9.97 Å². The SMILES string of the molecule is CCOc1cc(NCCO)ncn1. The maximum atomic E-state index is 8.56. The van der Waals surface area contributed by atoms with Crippen molar-refractivity contribution in [2.75, 3.05) is 25.1 Å². The molecule has 0 aliphatic heterocycles. The van der Waals surface area contributed by atoms with Crippen LogP contribution in [-0.2, 0) is 0 Å². The van der Waals surface area contributed by atoms with Crippen molar-refractivity contribution < 1.29 is 9.84 Å². The molecule has 0 amide bonds. The summed E-state index contributed by atoms with van der Waals surface area (Å²) in [7, 11) is 0. The minimum Gasteiger partial charge on any atom is -0.478 e. The van der Waals surface area contributed by atoms with Gasteiger partial charge in [-0.25, -0.2) is 9.97 Å². The first-order chi connectivity index (χ1) is 6.36. The lowest BCUT2D eigenvalue weighted by Crippen LogP contribution is -2.07. The Labute approximate surface area is 76.8 Å². The van der Waals surface area contributed by atoms with Gasteiger partial charge in [0.15, 0.2) is 0 Å². The minimum atomic E-state index is 0.0774. The third-order valence-corrected chi connectivity index (χ3v) is 1.35. The highest BCUT2D eigenvalue weighted by Gasteiger charge is 1.97. The van der Waals surface area contributed by atoms with Gasteiger partial charge >= 0.3 is 0 Å². The molecule has 0 fully saturated rings. The van der Waals surface area contributed by atoms with Crippen molar-refractivity contribution in [3.8, 4) is 5.88 Å². The monoisotopic (exact) mass is 183 g/mol. The summed E-state index contributed by atoms with van der Waals surface area (Å²) in [6.45, 7) is 3.02. The van der Waals surface area contributed by atoms with E-state index in [4.69, 9.17) is 9.84 Å². The molecule has 0 aromatic carbocycles. The van der Waals surface area contributed by atoms with Gasteiger partial charge in [0.25, 0.3) is 0 Å². The molecule has 1 rings (SSSR count). The number of aliphatic hydroxyl groups excluding tert-OH is 1. The summed E-state index contributed by atoms with van der Waals surface area (Å²) in [4.78, 5) is 7.85. The van der Waals surface area contributed by atoms with E-state index >= 15 is 0 Å². The number of nitrogens with one attached hydrogen (secondary N) is 1. The second-order valence-corrected chi connectivity index (χ2v) is 2.32. The summed E-state index contributed by atoms with van der Waals surface area (Å²) < 4.78 is 5.17. The third-order valence-electron chi connectivity index (χ3n) is 1.35.